The van der Waals surface area contributed by atoms with Crippen molar-refractivity contribution < 1.29 is 14.6 Å². The monoisotopic (exact) mass is 238 g/mol. The van der Waals surface area contributed by atoms with E-state index in [1.165, 1.54) is 12.8 Å². The van der Waals surface area contributed by atoms with Crippen LogP contribution in [0.15, 0.2) is 12.2 Å². The topological polar surface area (TPSA) is 46.5 Å². The van der Waals surface area contributed by atoms with E-state index in [1.54, 1.807) is 0 Å². The van der Waals surface area contributed by atoms with Gasteiger partial charge in [-0.1, -0.05) is 38.3 Å². The Hall–Kier alpha value is -0.830. The van der Waals surface area contributed by atoms with Crippen LogP contribution in [0.3, 0.4) is 0 Å². The number of ether oxygens (including phenoxy) is 1. The van der Waals surface area contributed by atoms with Crippen molar-refractivity contribution in [1.82, 2.24) is 0 Å². The van der Waals surface area contributed by atoms with Crippen molar-refractivity contribution in [2.75, 3.05) is 6.61 Å². The van der Waals surface area contributed by atoms with E-state index in [1.807, 2.05) is 12.2 Å². The summed E-state index contributed by atoms with van der Waals surface area (Å²) in [6.07, 6.45) is 8.89. The quantitative estimate of drug-likeness (QED) is 0.439. The number of fused-ring (bicyclic) bond motifs is 2. The zero-order valence-corrected chi connectivity index (χ0v) is 10.5. The normalized spacial score (nSPS) is 34.2. The summed E-state index contributed by atoms with van der Waals surface area (Å²) in [6, 6.07) is 0. The van der Waals surface area contributed by atoms with Gasteiger partial charge in [0.2, 0.25) is 0 Å². The largest absolute Gasteiger partial charge is 0.465 e. The predicted octanol–water partition coefficient (Wildman–Crippen LogP) is 2.29. The summed E-state index contributed by atoms with van der Waals surface area (Å²) in [5.74, 6) is -0.0376. The Bertz CT molecular complexity index is 298. The number of unbranched alkanes of at least 4 members (excludes halogenated alkanes) is 3. The van der Waals surface area contributed by atoms with Crippen molar-refractivity contribution in [1.29, 1.82) is 0 Å². The minimum absolute atomic E-state index is 0.00291. The molecule has 0 aliphatic heterocycles. The summed E-state index contributed by atoms with van der Waals surface area (Å²) >= 11 is 0. The van der Waals surface area contributed by atoms with Gasteiger partial charge in [0, 0.05) is 11.8 Å². The van der Waals surface area contributed by atoms with Crippen LogP contribution in [0.2, 0.25) is 0 Å². The maximum Gasteiger partial charge on any atom is 0.309 e. The molecule has 0 saturated heterocycles. The lowest BCUT2D eigenvalue weighted by Gasteiger charge is -2.16. The molecule has 0 aromatic rings. The SMILES string of the molecule is CCCCCCOC(=O)C1CC2C=CC1C2O. The van der Waals surface area contributed by atoms with Gasteiger partial charge in [-0.2, -0.15) is 0 Å². The van der Waals surface area contributed by atoms with Crippen molar-refractivity contribution in [2.24, 2.45) is 17.8 Å². The zero-order valence-electron chi connectivity index (χ0n) is 10.5. The lowest BCUT2D eigenvalue weighted by Crippen LogP contribution is -2.24. The Morgan fingerprint density at radius 3 is 2.76 bits per heavy atom. The van der Waals surface area contributed by atoms with E-state index in [-0.39, 0.29) is 29.8 Å². The van der Waals surface area contributed by atoms with Crippen LogP contribution >= 0.6 is 0 Å². The average molecular weight is 238 g/mol. The highest BCUT2D eigenvalue weighted by molar-refractivity contribution is 5.74. The molecule has 17 heavy (non-hydrogen) atoms. The van der Waals surface area contributed by atoms with Gasteiger partial charge in [-0.25, -0.2) is 0 Å². The van der Waals surface area contributed by atoms with Gasteiger partial charge in [0.25, 0.3) is 0 Å². The first kappa shape index (κ1) is 12.6. The van der Waals surface area contributed by atoms with Crippen molar-refractivity contribution in [3.05, 3.63) is 12.2 Å². The molecule has 2 aliphatic rings. The van der Waals surface area contributed by atoms with Gasteiger partial charge >= 0.3 is 5.97 Å². The maximum absolute atomic E-state index is 11.8. The zero-order chi connectivity index (χ0) is 12.3. The highest BCUT2D eigenvalue weighted by Gasteiger charge is 2.47. The second-order valence-corrected chi connectivity index (χ2v) is 5.19. The molecule has 0 amide bonds. The molecule has 0 radical (unpaired) electrons. The first-order valence-electron chi connectivity index (χ1n) is 6.77. The Labute approximate surface area is 103 Å². The van der Waals surface area contributed by atoms with Crippen LogP contribution in [0, 0.1) is 17.8 Å². The Kier molecular flexibility index (Phi) is 4.21. The summed E-state index contributed by atoms with van der Waals surface area (Å²) in [5, 5.41) is 9.82. The second kappa shape index (κ2) is 5.67. The lowest BCUT2D eigenvalue weighted by molar-refractivity contribution is -0.150. The number of aliphatic hydroxyl groups excluding tert-OH is 1. The molecule has 2 rings (SSSR count). The number of esters is 1. The third-order valence-electron chi connectivity index (χ3n) is 3.95. The molecule has 1 saturated carbocycles. The molecule has 0 spiro atoms. The summed E-state index contributed by atoms with van der Waals surface area (Å²) < 4.78 is 5.29. The number of hydrogen-bond acceptors (Lipinski definition) is 3. The van der Waals surface area contributed by atoms with Crippen molar-refractivity contribution in [3.63, 3.8) is 0 Å². The van der Waals surface area contributed by atoms with Gasteiger partial charge in [-0.3, -0.25) is 4.79 Å². The maximum atomic E-state index is 11.8. The Morgan fingerprint density at radius 2 is 2.18 bits per heavy atom. The molecule has 96 valence electrons. The van der Waals surface area contributed by atoms with Crippen LogP contribution in [0.1, 0.15) is 39.0 Å². The second-order valence-electron chi connectivity index (χ2n) is 5.19. The van der Waals surface area contributed by atoms with Crippen molar-refractivity contribution >= 4 is 5.97 Å². The highest BCUT2D eigenvalue weighted by Crippen LogP contribution is 2.44. The van der Waals surface area contributed by atoms with Crippen LogP contribution in [-0.2, 0) is 9.53 Å². The molecule has 2 aliphatic carbocycles. The molecule has 1 N–H and O–H groups in total. The molecule has 4 atom stereocenters. The van der Waals surface area contributed by atoms with Gasteiger partial charge in [0.1, 0.15) is 0 Å². The summed E-state index contributed by atoms with van der Waals surface area (Å²) in [7, 11) is 0. The molecule has 0 aromatic carbocycles. The molecular formula is C14H22O3. The van der Waals surface area contributed by atoms with Crippen LogP contribution in [0.25, 0.3) is 0 Å². The molecule has 0 heterocycles. The van der Waals surface area contributed by atoms with Gasteiger partial charge in [0.15, 0.2) is 0 Å². The van der Waals surface area contributed by atoms with Crippen LogP contribution in [0.4, 0.5) is 0 Å². The number of hydrogen-bond donors (Lipinski definition) is 1. The minimum Gasteiger partial charge on any atom is -0.465 e. The van der Waals surface area contributed by atoms with Crippen LogP contribution in [-0.4, -0.2) is 23.8 Å². The predicted molar refractivity (Wildman–Crippen MR) is 65.3 cm³/mol. The fourth-order valence-electron chi connectivity index (χ4n) is 2.89. The first-order valence-corrected chi connectivity index (χ1v) is 6.77. The van der Waals surface area contributed by atoms with Gasteiger partial charge in [-0.05, 0) is 12.8 Å². The van der Waals surface area contributed by atoms with E-state index in [0.29, 0.717) is 6.61 Å². The average Bonchev–Trinajstić information content (AvgIpc) is 2.84. The van der Waals surface area contributed by atoms with Crippen LogP contribution < -0.4 is 0 Å². The minimum atomic E-state index is -0.354. The van der Waals surface area contributed by atoms with Gasteiger partial charge in [0.05, 0.1) is 18.6 Å². The van der Waals surface area contributed by atoms with E-state index >= 15 is 0 Å². The lowest BCUT2D eigenvalue weighted by atomic mass is 9.93. The smallest absolute Gasteiger partial charge is 0.309 e. The standard InChI is InChI=1S/C14H22O3/c1-2-3-4-5-8-17-14(16)12-9-10-6-7-11(12)13(10)15/h6-7,10-13,15H,2-5,8-9H2,1H3. The van der Waals surface area contributed by atoms with Crippen LogP contribution in [0.5, 0.6) is 0 Å². The molecule has 3 nitrogen and oxygen atoms in total. The Balaban J connectivity index is 1.69. The van der Waals surface area contributed by atoms with E-state index in [4.69, 9.17) is 4.74 Å². The summed E-state index contributed by atoms with van der Waals surface area (Å²) in [4.78, 5) is 11.8. The van der Waals surface area contributed by atoms with E-state index in [9.17, 15) is 9.90 Å². The third kappa shape index (κ3) is 2.71. The molecule has 3 heteroatoms. The van der Waals surface area contributed by atoms with Gasteiger partial charge in [-0.15, -0.1) is 0 Å². The third-order valence-corrected chi connectivity index (χ3v) is 3.95. The number of aliphatic hydroxyl groups is 1. The molecule has 4 unspecified atom stereocenters. The fraction of sp³-hybridized carbons (Fsp3) is 0.786. The van der Waals surface area contributed by atoms with Crippen molar-refractivity contribution in [2.45, 2.75) is 45.1 Å². The molecule has 1 fully saturated rings. The summed E-state index contributed by atoms with van der Waals surface area (Å²) in [6.45, 7) is 2.70. The fourth-order valence-corrected chi connectivity index (χ4v) is 2.89. The number of carbonyl (C=O) groups is 1. The highest BCUT2D eigenvalue weighted by atomic mass is 16.5. The van der Waals surface area contributed by atoms with Gasteiger partial charge < -0.3 is 9.84 Å². The Morgan fingerprint density at radius 1 is 1.35 bits per heavy atom. The molecular weight excluding hydrogens is 216 g/mol. The molecule has 0 aromatic heterocycles. The summed E-state index contributed by atoms with van der Waals surface area (Å²) in [5.41, 5.74) is 0. The van der Waals surface area contributed by atoms with E-state index < -0.39 is 0 Å². The van der Waals surface area contributed by atoms with Crippen molar-refractivity contribution in [3.8, 4) is 0 Å². The number of rotatable bonds is 6. The number of carbonyl (C=O) groups excluding carboxylic acids is 1. The van der Waals surface area contributed by atoms with E-state index in [2.05, 4.69) is 6.92 Å². The first-order chi connectivity index (χ1) is 8.24. The van der Waals surface area contributed by atoms with E-state index in [0.717, 1.165) is 19.3 Å². The molecule has 2 bridgehead atoms.